The maximum absolute atomic E-state index is 8.64. The summed E-state index contributed by atoms with van der Waals surface area (Å²) in [6.45, 7) is 3.31. The van der Waals surface area contributed by atoms with Crippen LogP contribution in [0.3, 0.4) is 0 Å². The van der Waals surface area contributed by atoms with Crippen LogP contribution in [0.2, 0.25) is 0 Å². The Bertz CT molecular complexity index is 233. The van der Waals surface area contributed by atoms with Crippen molar-refractivity contribution in [2.45, 2.75) is 13.8 Å². The van der Waals surface area contributed by atoms with Crippen LogP contribution in [0.1, 0.15) is 11.6 Å². The summed E-state index contributed by atoms with van der Waals surface area (Å²) in [6, 6.07) is 0. The number of nitrogens with zero attached hydrogens (tertiary/aromatic N) is 1. The van der Waals surface area contributed by atoms with Crippen molar-refractivity contribution in [1.82, 2.24) is 4.98 Å². The van der Waals surface area contributed by atoms with Gasteiger partial charge in [0, 0.05) is 6.92 Å². The van der Waals surface area contributed by atoms with Gasteiger partial charge in [0.2, 0.25) is 0 Å². The highest BCUT2D eigenvalue weighted by atomic mass is 16.4. The number of hydrogen-bond donors (Lipinski definition) is 2. The second-order valence-corrected chi connectivity index (χ2v) is 2.06. The predicted octanol–water partition coefficient (Wildman–Crippen LogP) is -1.03. The second-order valence-electron chi connectivity index (χ2n) is 2.06. The van der Waals surface area contributed by atoms with Gasteiger partial charge in [-0.05, 0) is 6.92 Å². The maximum Gasteiger partial charge on any atom is 0.528 e. The molecule has 0 radical (unpaired) electrons. The Morgan fingerprint density at radius 2 is 2.00 bits per heavy atom. The fourth-order valence-electron chi connectivity index (χ4n) is 0.787. The van der Waals surface area contributed by atoms with Gasteiger partial charge < -0.3 is 14.5 Å². The summed E-state index contributed by atoms with van der Waals surface area (Å²) in [6.07, 6.45) is 0. The standard InChI is InChI=1S/C5H8BNO3/c1-3-5(6(8)9)10-4(2)7-3/h8-9H,1-2H3. The van der Waals surface area contributed by atoms with Crippen LogP contribution in [-0.2, 0) is 0 Å². The Balaban J connectivity index is 3.03. The first-order valence-electron chi connectivity index (χ1n) is 2.91. The van der Waals surface area contributed by atoms with E-state index in [-0.39, 0.29) is 5.66 Å². The summed E-state index contributed by atoms with van der Waals surface area (Å²) in [7, 11) is -1.55. The van der Waals surface area contributed by atoms with Crippen LogP contribution in [0.4, 0.5) is 0 Å². The normalized spacial score (nSPS) is 10.0. The summed E-state index contributed by atoms with van der Waals surface area (Å²) >= 11 is 0. The van der Waals surface area contributed by atoms with Crippen molar-refractivity contribution in [3.63, 3.8) is 0 Å². The molecular weight excluding hydrogens is 133 g/mol. The highest BCUT2D eigenvalue weighted by Gasteiger charge is 2.19. The summed E-state index contributed by atoms with van der Waals surface area (Å²) in [5.41, 5.74) is 0.644. The molecule has 1 rings (SSSR count). The molecule has 10 heavy (non-hydrogen) atoms. The first-order valence-corrected chi connectivity index (χ1v) is 2.91. The molecule has 0 saturated carbocycles. The molecule has 0 aliphatic rings. The average Bonchev–Trinajstić information content (AvgIpc) is 2.10. The van der Waals surface area contributed by atoms with Gasteiger partial charge in [0.05, 0.1) is 5.69 Å². The van der Waals surface area contributed by atoms with Crippen LogP contribution < -0.4 is 5.66 Å². The molecule has 0 aliphatic carbocycles. The van der Waals surface area contributed by atoms with Crippen molar-refractivity contribution in [2.75, 3.05) is 0 Å². The lowest BCUT2D eigenvalue weighted by Crippen LogP contribution is -2.30. The van der Waals surface area contributed by atoms with E-state index in [1.807, 2.05) is 0 Å². The lowest BCUT2D eigenvalue weighted by Gasteiger charge is -1.90. The zero-order valence-electron chi connectivity index (χ0n) is 5.83. The summed E-state index contributed by atoms with van der Waals surface area (Å²) in [5.74, 6) is 0.445. The Labute approximate surface area is 58.7 Å². The number of rotatable bonds is 1. The largest absolute Gasteiger partial charge is 0.528 e. The predicted molar refractivity (Wildman–Crippen MR) is 35.8 cm³/mol. The molecule has 0 unspecified atom stereocenters. The number of aromatic nitrogens is 1. The Kier molecular flexibility index (Phi) is 1.78. The Hall–Kier alpha value is -0.805. The lowest BCUT2D eigenvalue weighted by atomic mass is 9.86. The number of oxazole rings is 1. The van der Waals surface area contributed by atoms with Crippen LogP contribution in [0.5, 0.6) is 0 Å². The van der Waals surface area contributed by atoms with E-state index in [1.165, 1.54) is 0 Å². The molecule has 4 nitrogen and oxygen atoms in total. The van der Waals surface area contributed by atoms with Gasteiger partial charge in [0.15, 0.2) is 11.6 Å². The first kappa shape index (κ1) is 7.30. The van der Waals surface area contributed by atoms with Gasteiger partial charge in [0.25, 0.3) is 0 Å². The van der Waals surface area contributed by atoms with Gasteiger partial charge in [-0.3, -0.25) is 0 Å². The average molecular weight is 141 g/mol. The van der Waals surface area contributed by atoms with Crippen molar-refractivity contribution in [3.8, 4) is 0 Å². The van der Waals surface area contributed by atoms with Crippen LogP contribution in [0, 0.1) is 13.8 Å². The van der Waals surface area contributed by atoms with Crippen molar-refractivity contribution in [1.29, 1.82) is 0 Å². The molecule has 1 aromatic rings. The molecule has 0 bridgehead atoms. The zero-order valence-corrected chi connectivity index (χ0v) is 5.83. The van der Waals surface area contributed by atoms with E-state index in [9.17, 15) is 0 Å². The van der Waals surface area contributed by atoms with Crippen LogP contribution in [0.15, 0.2) is 4.42 Å². The third-order valence-electron chi connectivity index (χ3n) is 1.17. The van der Waals surface area contributed by atoms with Crippen LogP contribution in [-0.4, -0.2) is 22.2 Å². The van der Waals surface area contributed by atoms with E-state index < -0.39 is 7.12 Å². The molecule has 0 aromatic carbocycles. The quantitative estimate of drug-likeness (QED) is 0.490. The summed E-state index contributed by atoms with van der Waals surface area (Å²) in [5, 5.41) is 17.3. The molecule has 0 fully saturated rings. The molecule has 0 saturated heterocycles. The molecular formula is C5H8BNO3. The van der Waals surface area contributed by atoms with Gasteiger partial charge in [-0.15, -0.1) is 0 Å². The highest BCUT2D eigenvalue weighted by molar-refractivity contribution is 6.57. The molecule has 1 heterocycles. The first-order chi connectivity index (χ1) is 4.61. The lowest BCUT2D eigenvalue weighted by molar-refractivity contribution is 0.406. The van der Waals surface area contributed by atoms with Crippen molar-refractivity contribution in [3.05, 3.63) is 11.6 Å². The van der Waals surface area contributed by atoms with Crippen molar-refractivity contribution in [2.24, 2.45) is 0 Å². The van der Waals surface area contributed by atoms with Gasteiger partial charge in [-0.25, -0.2) is 4.98 Å². The molecule has 0 aliphatic heterocycles. The van der Waals surface area contributed by atoms with Gasteiger partial charge in [0.1, 0.15) is 0 Å². The SMILES string of the molecule is Cc1nc(C)c(B(O)O)o1. The molecule has 1 aromatic heterocycles. The molecule has 5 heteroatoms. The third kappa shape index (κ3) is 1.20. The fourth-order valence-corrected chi connectivity index (χ4v) is 0.787. The number of hydrogen-bond acceptors (Lipinski definition) is 4. The molecule has 0 amide bonds. The van der Waals surface area contributed by atoms with Gasteiger partial charge in [-0.1, -0.05) is 0 Å². The van der Waals surface area contributed by atoms with Crippen LogP contribution >= 0.6 is 0 Å². The third-order valence-corrected chi connectivity index (χ3v) is 1.17. The molecule has 54 valence electrons. The minimum absolute atomic E-state index is 0.123. The van der Waals surface area contributed by atoms with Crippen LogP contribution in [0.25, 0.3) is 0 Å². The maximum atomic E-state index is 8.64. The summed E-state index contributed by atoms with van der Waals surface area (Å²) < 4.78 is 4.86. The zero-order chi connectivity index (χ0) is 7.72. The van der Waals surface area contributed by atoms with E-state index in [1.54, 1.807) is 13.8 Å². The van der Waals surface area contributed by atoms with E-state index in [0.29, 0.717) is 11.6 Å². The minimum Gasteiger partial charge on any atom is -0.449 e. The van der Waals surface area contributed by atoms with Gasteiger partial charge >= 0.3 is 7.12 Å². The summed E-state index contributed by atoms with van der Waals surface area (Å²) in [4.78, 5) is 3.85. The number of aryl methyl sites for hydroxylation is 2. The Morgan fingerprint density at radius 1 is 1.40 bits per heavy atom. The van der Waals surface area contributed by atoms with E-state index in [2.05, 4.69) is 4.98 Å². The fraction of sp³-hybridized carbons (Fsp3) is 0.400. The van der Waals surface area contributed by atoms with Crippen molar-refractivity contribution >= 4 is 12.8 Å². The Morgan fingerprint density at radius 3 is 2.20 bits per heavy atom. The van der Waals surface area contributed by atoms with E-state index in [4.69, 9.17) is 14.5 Å². The topological polar surface area (TPSA) is 66.5 Å². The van der Waals surface area contributed by atoms with E-state index in [0.717, 1.165) is 0 Å². The molecule has 2 N–H and O–H groups in total. The molecule has 0 atom stereocenters. The smallest absolute Gasteiger partial charge is 0.449 e. The van der Waals surface area contributed by atoms with E-state index >= 15 is 0 Å². The minimum atomic E-state index is -1.55. The highest BCUT2D eigenvalue weighted by Crippen LogP contribution is 1.95. The molecule has 0 spiro atoms. The van der Waals surface area contributed by atoms with Gasteiger partial charge in [-0.2, -0.15) is 0 Å². The second kappa shape index (κ2) is 2.44. The monoisotopic (exact) mass is 141 g/mol. The van der Waals surface area contributed by atoms with Crippen molar-refractivity contribution < 1.29 is 14.5 Å².